The highest BCUT2D eigenvalue weighted by molar-refractivity contribution is 5.98. The average molecular weight is 536 g/mol. The van der Waals surface area contributed by atoms with Crippen LogP contribution in [0.1, 0.15) is 32.4 Å². The van der Waals surface area contributed by atoms with Gasteiger partial charge in [0.2, 0.25) is 0 Å². The van der Waals surface area contributed by atoms with E-state index < -0.39 is 11.7 Å². The van der Waals surface area contributed by atoms with Crippen LogP contribution in [0.5, 0.6) is 0 Å². The van der Waals surface area contributed by atoms with E-state index in [1.165, 1.54) is 10.6 Å². The molecule has 2 amide bonds. The first-order valence-electron chi connectivity index (χ1n) is 13.4. The van der Waals surface area contributed by atoms with Gasteiger partial charge in [-0.2, -0.15) is 10.2 Å². The minimum atomic E-state index is -0.532. The van der Waals surface area contributed by atoms with Gasteiger partial charge in [-0.1, -0.05) is 6.07 Å². The number of aromatic nitrogens is 7. The van der Waals surface area contributed by atoms with Gasteiger partial charge in [0.25, 0.3) is 11.8 Å². The Labute approximate surface area is 223 Å². The predicted octanol–water partition coefficient (Wildman–Crippen LogP) is 0.631. The van der Waals surface area contributed by atoms with Gasteiger partial charge in [0.1, 0.15) is 23.5 Å². The standard InChI is InChI=1S/C27H21N9O4/c37-22(28-7-10-1-2-14-11(5-10)34-25(39)40-14)12-6-13(36-15(33-12)3-4-32-36)23(38)29-8-26-16-19-17(26)21-18(26)20(16)27(19,21)24-30-9-31-35-24/h1-6,9,16-21H,7-8H2,(H,28,37)(H,29,38)(H,34,39)(H,30,31,35). The Morgan fingerprint density at radius 3 is 2.62 bits per heavy atom. The fourth-order valence-electron chi connectivity index (χ4n) is 9.89. The highest BCUT2D eigenvalue weighted by atomic mass is 16.4. The van der Waals surface area contributed by atoms with Crippen LogP contribution in [0, 0.1) is 40.9 Å². The molecule has 5 aromatic rings. The molecule has 6 fully saturated rings. The number of carbonyl (C=O) groups excluding carboxylic acids is 2. The van der Waals surface area contributed by atoms with Crippen molar-refractivity contribution in [3.63, 3.8) is 0 Å². The summed E-state index contributed by atoms with van der Waals surface area (Å²) in [7, 11) is 0. The third kappa shape index (κ3) is 2.03. The van der Waals surface area contributed by atoms with Gasteiger partial charge >= 0.3 is 5.76 Å². The van der Waals surface area contributed by atoms with Crippen molar-refractivity contribution in [1.82, 2.24) is 45.4 Å². The molecule has 198 valence electrons. The summed E-state index contributed by atoms with van der Waals surface area (Å²) in [5.74, 6) is 3.89. The lowest BCUT2D eigenvalue weighted by Crippen LogP contribution is -3.12. The van der Waals surface area contributed by atoms with Gasteiger partial charge in [-0.25, -0.2) is 19.3 Å². The van der Waals surface area contributed by atoms with Crippen LogP contribution >= 0.6 is 0 Å². The number of nitrogens with one attached hydrogen (secondary N) is 4. The van der Waals surface area contributed by atoms with E-state index in [1.54, 1.807) is 36.8 Å². The molecule has 0 bridgehead atoms. The summed E-state index contributed by atoms with van der Waals surface area (Å²) in [4.78, 5) is 49.4. The van der Waals surface area contributed by atoms with E-state index in [0.29, 0.717) is 58.8 Å². The first kappa shape index (κ1) is 21.1. The molecule has 13 nitrogen and oxygen atoms in total. The Morgan fingerprint density at radius 1 is 1.02 bits per heavy atom. The van der Waals surface area contributed by atoms with Gasteiger partial charge in [-0.3, -0.25) is 19.7 Å². The molecular weight excluding hydrogens is 514 g/mol. The summed E-state index contributed by atoms with van der Waals surface area (Å²) in [6.07, 6.45) is 3.16. The number of carbonyl (C=O) groups is 2. The van der Waals surface area contributed by atoms with Gasteiger partial charge in [-0.05, 0) is 58.6 Å². The highest BCUT2D eigenvalue weighted by Crippen LogP contribution is 3.09. The second kappa shape index (κ2) is 6.49. The third-order valence-corrected chi connectivity index (χ3v) is 11.0. The maximum Gasteiger partial charge on any atom is 0.417 e. The fourth-order valence-corrected chi connectivity index (χ4v) is 9.89. The average Bonchev–Trinajstić information content (AvgIpc) is 3.74. The van der Waals surface area contributed by atoms with Crippen LogP contribution in [-0.4, -0.2) is 53.1 Å². The van der Waals surface area contributed by atoms with E-state index in [2.05, 4.69) is 40.9 Å². The zero-order chi connectivity index (χ0) is 26.5. The number of benzene rings is 1. The van der Waals surface area contributed by atoms with Crippen LogP contribution in [0.15, 0.2) is 52.1 Å². The van der Waals surface area contributed by atoms with E-state index in [-0.39, 0.29) is 34.7 Å². The molecule has 11 rings (SSSR count). The monoisotopic (exact) mass is 535 g/mol. The number of H-pyrrole nitrogens is 2. The smallest absolute Gasteiger partial charge is 0.408 e. The van der Waals surface area contributed by atoms with Crippen LogP contribution in [0.2, 0.25) is 0 Å². The molecule has 6 aliphatic rings. The summed E-state index contributed by atoms with van der Waals surface area (Å²) in [6.45, 7) is 0.856. The molecule has 1 aromatic carbocycles. The van der Waals surface area contributed by atoms with Gasteiger partial charge in [0.15, 0.2) is 11.2 Å². The van der Waals surface area contributed by atoms with E-state index in [4.69, 9.17) is 4.42 Å². The summed E-state index contributed by atoms with van der Waals surface area (Å²) in [6, 6.07) is 8.33. The van der Waals surface area contributed by atoms with Gasteiger partial charge in [-0.15, -0.1) is 0 Å². The quantitative estimate of drug-likeness (QED) is 0.235. The minimum Gasteiger partial charge on any atom is -0.408 e. The second-order valence-corrected chi connectivity index (χ2v) is 11.9. The fraction of sp³-hybridized carbons (Fsp3) is 0.370. The van der Waals surface area contributed by atoms with Crippen LogP contribution < -0.4 is 16.4 Å². The van der Waals surface area contributed by atoms with Crippen LogP contribution in [0.3, 0.4) is 0 Å². The molecule has 0 atom stereocenters. The minimum absolute atomic E-state index is 0.126. The largest absolute Gasteiger partial charge is 0.417 e. The first-order chi connectivity index (χ1) is 19.5. The summed E-state index contributed by atoms with van der Waals surface area (Å²) >= 11 is 0. The SMILES string of the molecule is O=C(NCc1ccc2oc(=O)[nH]c2c1)c1cc(C(=O)NCC23C4C5C2C2C3C4C52c2ncn[nH]2)n2nccc2n1. The number of fused-ring (bicyclic) bond motifs is 2. The Kier molecular flexibility index (Phi) is 3.42. The lowest BCUT2D eigenvalue weighted by molar-refractivity contribution is -0.627. The summed E-state index contributed by atoms with van der Waals surface area (Å²) in [5.41, 5.74) is 3.07. The van der Waals surface area contributed by atoms with Crippen molar-refractivity contribution in [2.24, 2.45) is 40.9 Å². The Morgan fingerprint density at radius 2 is 1.85 bits per heavy atom. The van der Waals surface area contributed by atoms with Crippen molar-refractivity contribution >= 4 is 28.6 Å². The van der Waals surface area contributed by atoms with Crippen molar-refractivity contribution in [2.45, 2.75) is 12.0 Å². The second-order valence-electron chi connectivity index (χ2n) is 11.9. The molecule has 0 spiro atoms. The Hall–Kier alpha value is -4.81. The Balaban J connectivity index is 0.859. The topological polar surface area (TPSA) is 176 Å². The maximum absolute atomic E-state index is 13.4. The van der Waals surface area contributed by atoms with Crippen molar-refractivity contribution in [3.05, 3.63) is 76.2 Å². The normalized spacial score (nSPS) is 34.7. The van der Waals surface area contributed by atoms with E-state index in [9.17, 15) is 14.4 Å². The highest BCUT2D eigenvalue weighted by Gasteiger charge is 3.10. The van der Waals surface area contributed by atoms with Crippen LogP contribution in [0.4, 0.5) is 0 Å². The maximum atomic E-state index is 13.4. The number of oxazole rings is 1. The first-order valence-corrected chi connectivity index (χ1v) is 13.4. The van der Waals surface area contributed by atoms with Crippen LogP contribution in [0.25, 0.3) is 16.7 Å². The Bertz CT molecular complexity index is 1950. The molecule has 0 aliphatic heterocycles. The molecule has 6 saturated carbocycles. The molecule has 4 N–H and O–H groups in total. The number of hydrogen-bond donors (Lipinski definition) is 4. The van der Waals surface area contributed by atoms with E-state index >= 15 is 0 Å². The zero-order valence-electron chi connectivity index (χ0n) is 20.8. The molecule has 4 aromatic heterocycles. The molecule has 4 heterocycles. The van der Waals surface area contributed by atoms with Crippen molar-refractivity contribution in [2.75, 3.05) is 6.54 Å². The number of hydrogen-bond acceptors (Lipinski definition) is 8. The molecule has 40 heavy (non-hydrogen) atoms. The number of nitrogens with zero attached hydrogens (tertiary/aromatic N) is 5. The van der Waals surface area contributed by atoms with Crippen molar-refractivity contribution in [1.29, 1.82) is 0 Å². The molecule has 6 aliphatic carbocycles. The van der Waals surface area contributed by atoms with E-state index in [0.717, 1.165) is 11.4 Å². The van der Waals surface area contributed by atoms with Crippen molar-refractivity contribution in [3.8, 4) is 0 Å². The molecular formula is C27H21N9O4. The van der Waals surface area contributed by atoms with Gasteiger partial charge in [0.05, 0.1) is 11.7 Å². The predicted molar refractivity (Wildman–Crippen MR) is 135 cm³/mol. The lowest BCUT2D eigenvalue weighted by atomic mass is 8.92. The molecule has 0 radical (unpaired) electrons. The number of amides is 2. The number of rotatable bonds is 7. The van der Waals surface area contributed by atoms with E-state index in [1.807, 2.05) is 0 Å². The summed E-state index contributed by atoms with van der Waals surface area (Å²) in [5, 5.41) is 17.5. The van der Waals surface area contributed by atoms with Gasteiger partial charge in [0, 0.05) is 30.6 Å². The third-order valence-electron chi connectivity index (χ3n) is 11.0. The molecule has 13 heteroatoms. The summed E-state index contributed by atoms with van der Waals surface area (Å²) < 4.78 is 6.49. The van der Waals surface area contributed by atoms with Gasteiger partial charge < -0.3 is 15.1 Å². The zero-order valence-corrected chi connectivity index (χ0v) is 20.8. The van der Waals surface area contributed by atoms with Crippen molar-refractivity contribution < 1.29 is 14.0 Å². The lowest BCUT2D eigenvalue weighted by Gasteiger charge is -3.11. The van der Waals surface area contributed by atoms with Crippen LogP contribution in [-0.2, 0) is 12.0 Å². The molecule has 0 unspecified atom stereocenters. The number of aromatic amines is 2. The molecule has 0 saturated heterocycles.